The Kier molecular flexibility index (Phi) is 4.63. The first-order valence-corrected chi connectivity index (χ1v) is 5.56. The van der Waals surface area contributed by atoms with Gasteiger partial charge in [0.25, 0.3) is 5.91 Å². The number of halogens is 1. The Hall–Kier alpha value is -1.66. The van der Waals surface area contributed by atoms with E-state index in [1.807, 2.05) is 0 Å². The molecular weight excluding hydrogens is 239 g/mol. The normalized spacial score (nSPS) is 11.3. The molecule has 0 atom stereocenters. The van der Waals surface area contributed by atoms with Crippen molar-refractivity contribution in [3.63, 3.8) is 0 Å². The number of nitrogens with two attached hydrogens (primary N) is 1. The lowest BCUT2D eigenvalue weighted by molar-refractivity contribution is 0.0652. The van der Waals surface area contributed by atoms with E-state index in [0.717, 1.165) is 12.1 Å². The third-order valence-corrected chi connectivity index (χ3v) is 2.84. The Labute approximate surface area is 104 Å². The Balaban J connectivity index is 2.94. The molecule has 0 aliphatic heterocycles. The maximum atomic E-state index is 13.1. The van der Waals surface area contributed by atoms with Gasteiger partial charge in [-0.15, -0.1) is 0 Å². The van der Waals surface area contributed by atoms with Gasteiger partial charge in [0, 0.05) is 11.3 Å². The highest BCUT2D eigenvalue weighted by Crippen LogP contribution is 2.14. The summed E-state index contributed by atoms with van der Waals surface area (Å²) in [5.41, 5.74) is 4.51. The Bertz CT molecular complexity index is 405. The summed E-state index contributed by atoms with van der Waals surface area (Å²) in [5.74, 6) is -1.21. The molecular formula is C12H17FN2O3. The van der Waals surface area contributed by atoms with Crippen molar-refractivity contribution in [2.24, 2.45) is 0 Å². The molecule has 0 bridgehead atoms. The van der Waals surface area contributed by atoms with Crippen LogP contribution in [0, 0.1) is 5.82 Å². The monoisotopic (exact) mass is 256 g/mol. The van der Waals surface area contributed by atoms with E-state index < -0.39 is 30.5 Å². The predicted molar refractivity (Wildman–Crippen MR) is 65.5 cm³/mol. The van der Waals surface area contributed by atoms with Crippen LogP contribution < -0.4 is 11.1 Å². The number of benzene rings is 1. The van der Waals surface area contributed by atoms with Crippen molar-refractivity contribution in [1.29, 1.82) is 0 Å². The molecule has 5 N–H and O–H groups in total. The highest BCUT2D eigenvalue weighted by atomic mass is 19.1. The minimum absolute atomic E-state index is 0.0484. The molecule has 0 radical (unpaired) electrons. The van der Waals surface area contributed by atoms with Crippen LogP contribution in [0.4, 0.5) is 10.1 Å². The van der Waals surface area contributed by atoms with Gasteiger partial charge in [-0.1, -0.05) is 6.92 Å². The van der Waals surface area contributed by atoms with E-state index in [1.165, 1.54) is 6.07 Å². The lowest BCUT2D eigenvalue weighted by atomic mass is 9.97. The molecule has 0 heterocycles. The summed E-state index contributed by atoms with van der Waals surface area (Å²) in [7, 11) is 0. The number of carbonyl (C=O) groups excluding carboxylic acids is 1. The van der Waals surface area contributed by atoms with Crippen molar-refractivity contribution in [2.75, 3.05) is 18.9 Å². The lowest BCUT2D eigenvalue weighted by Gasteiger charge is -2.29. The van der Waals surface area contributed by atoms with Gasteiger partial charge >= 0.3 is 0 Å². The summed E-state index contributed by atoms with van der Waals surface area (Å²) in [5, 5.41) is 20.9. The first kappa shape index (κ1) is 14.4. The second-order valence-electron chi connectivity index (χ2n) is 4.18. The SMILES string of the molecule is CCC(CO)(CO)NC(=O)c1cc(N)cc(F)c1. The van der Waals surface area contributed by atoms with E-state index in [-0.39, 0.29) is 11.3 Å². The van der Waals surface area contributed by atoms with Crippen LogP contribution in [-0.2, 0) is 0 Å². The van der Waals surface area contributed by atoms with Crippen molar-refractivity contribution in [3.05, 3.63) is 29.6 Å². The standard InChI is InChI=1S/C12H17FN2O3/c1-2-12(6-16,7-17)15-11(18)8-3-9(13)5-10(14)4-8/h3-5,16-17H,2,6-7,14H2,1H3,(H,15,18). The molecule has 100 valence electrons. The quantitative estimate of drug-likeness (QED) is 0.569. The van der Waals surface area contributed by atoms with Gasteiger partial charge in [-0.3, -0.25) is 4.79 Å². The average Bonchev–Trinajstić information content (AvgIpc) is 2.35. The molecule has 6 heteroatoms. The molecule has 1 amide bonds. The average molecular weight is 256 g/mol. The molecule has 18 heavy (non-hydrogen) atoms. The number of aliphatic hydroxyl groups excluding tert-OH is 2. The number of amides is 1. The van der Waals surface area contributed by atoms with Gasteiger partial charge < -0.3 is 21.3 Å². The molecule has 1 aromatic rings. The maximum Gasteiger partial charge on any atom is 0.252 e. The fourth-order valence-corrected chi connectivity index (χ4v) is 1.50. The van der Waals surface area contributed by atoms with Crippen LogP contribution in [0.25, 0.3) is 0 Å². The minimum Gasteiger partial charge on any atom is -0.399 e. The highest BCUT2D eigenvalue weighted by Gasteiger charge is 2.29. The summed E-state index contributed by atoms with van der Waals surface area (Å²) in [6.45, 7) is 0.903. The van der Waals surface area contributed by atoms with E-state index in [4.69, 9.17) is 5.73 Å². The van der Waals surface area contributed by atoms with Gasteiger partial charge in [0.05, 0.1) is 18.8 Å². The maximum absolute atomic E-state index is 13.1. The minimum atomic E-state index is -1.11. The molecule has 0 saturated carbocycles. The first-order chi connectivity index (χ1) is 8.46. The van der Waals surface area contributed by atoms with Crippen molar-refractivity contribution in [3.8, 4) is 0 Å². The molecule has 0 saturated heterocycles. The van der Waals surface area contributed by atoms with Crippen LogP contribution in [0.3, 0.4) is 0 Å². The van der Waals surface area contributed by atoms with Crippen LogP contribution in [0.1, 0.15) is 23.7 Å². The van der Waals surface area contributed by atoms with Crippen LogP contribution >= 0.6 is 0 Å². The molecule has 0 aliphatic rings. The molecule has 0 aromatic heterocycles. The number of aliphatic hydroxyl groups is 2. The van der Waals surface area contributed by atoms with Crippen LogP contribution in [0.5, 0.6) is 0 Å². The number of nitrogen functional groups attached to an aromatic ring is 1. The smallest absolute Gasteiger partial charge is 0.252 e. The third kappa shape index (κ3) is 3.18. The van der Waals surface area contributed by atoms with E-state index in [9.17, 15) is 19.4 Å². The van der Waals surface area contributed by atoms with Gasteiger partial charge in [0.1, 0.15) is 5.82 Å². The Morgan fingerprint density at radius 2 is 2.00 bits per heavy atom. The zero-order valence-electron chi connectivity index (χ0n) is 10.1. The molecule has 5 nitrogen and oxygen atoms in total. The van der Waals surface area contributed by atoms with Crippen molar-refractivity contribution in [1.82, 2.24) is 5.32 Å². The summed E-state index contributed by atoms with van der Waals surface area (Å²) < 4.78 is 13.1. The number of carbonyl (C=O) groups is 1. The molecule has 0 aliphatic carbocycles. The summed E-state index contributed by atoms with van der Waals surface area (Å²) >= 11 is 0. The molecule has 1 rings (SSSR count). The zero-order valence-corrected chi connectivity index (χ0v) is 10.1. The van der Waals surface area contributed by atoms with Gasteiger partial charge in [-0.25, -0.2) is 4.39 Å². The molecule has 0 unspecified atom stereocenters. The molecule has 0 fully saturated rings. The largest absolute Gasteiger partial charge is 0.399 e. The summed E-state index contributed by atoms with van der Waals surface area (Å²) in [6, 6.07) is 3.47. The Morgan fingerprint density at radius 3 is 2.44 bits per heavy atom. The Morgan fingerprint density at radius 1 is 1.39 bits per heavy atom. The molecule has 1 aromatic carbocycles. The van der Waals surface area contributed by atoms with Gasteiger partial charge in [0.15, 0.2) is 0 Å². The number of anilines is 1. The van der Waals surface area contributed by atoms with Crippen LogP contribution in [-0.4, -0.2) is 34.9 Å². The zero-order chi connectivity index (χ0) is 13.8. The number of hydrogen-bond donors (Lipinski definition) is 4. The van der Waals surface area contributed by atoms with Crippen molar-refractivity contribution < 1.29 is 19.4 Å². The van der Waals surface area contributed by atoms with Gasteiger partial charge in [-0.05, 0) is 24.6 Å². The topological polar surface area (TPSA) is 95.6 Å². The van der Waals surface area contributed by atoms with E-state index in [0.29, 0.717) is 6.42 Å². The molecule has 0 spiro atoms. The van der Waals surface area contributed by atoms with Crippen molar-refractivity contribution >= 4 is 11.6 Å². The number of hydrogen-bond acceptors (Lipinski definition) is 4. The third-order valence-electron chi connectivity index (χ3n) is 2.84. The highest BCUT2D eigenvalue weighted by molar-refractivity contribution is 5.95. The van der Waals surface area contributed by atoms with Crippen LogP contribution in [0.2, 0.25) is 0 Å². The fourth-order valence-electron chi connectivity index (χ4n) is 1.50. The van der Waals surface area contributed by atoms with E-state index in [2.05, 4.69) is 5.32 Å². The van der Waals surface area contributed by atoms with Crippen LogP contribution in [0.15, 0.2) is 18.2 Å². The second kappa shape index (κ2) is 5.79. The predicted octanol–water partition coefficient (Wildman–Crippen LogP) is 0.271. The van der Waals surface area contributed by atoms with E-state index >= 15 is 0 Å². The second-order valence-corrected chi connectivity index (χ2v) is 4.18. The van der Waals surface area contributed by atoms with E-state index in [1.54, 1.807) is 6.92 Å². The lowest BCUT2D eigenvalue weighted by Crippen LogP contribution is -2.53. The summed E-state index contributed by atoms with van der Waals surface area (Å²) in [6.07, 6.45) is 0.344. The first-order valence-electron chi connectivity index (χ1n) is 5.56. The number of nitrogens with one attached hydrogen (secondary N) is 1. The van der Waals surface area contributed by atoms with Crippen molar-refractivity contribution in [2.45, 2.75) is 18.9 Å². The van der Waals surface area contributed by atoms with Gasteiger partial charge in [-0.2, -0.15) is 0 Å². The van der Waals surface area contributed by atoms with Gasteiger partial charge in [0.2, 0.25) is 0 Å². The fraction of sp³-hybridized carbons (Fsp3) is 0.417. The summed E-state index contributed by atoms with van der Waals surface area (Å²) in [4.78, 5) is 11.9. The number of rotatable bonds is 5.